The summed E-state index contributed by atoms with van der Waals surface area (Å²) in [7, 11) is 1.69. The topological polar surface area (TPSA) is 58.0 Å². The molecule has 0 saturated carbocycles. The summed E-state index contributed by atoms with van der Waals surface area (Å²) in [6, 6.07) is 0. The molecule has 4 heteroatoms. The van der Waals surface area contributed by atoms with Crippen LogP contribution in [-0.4, -0.2) is 21.5 Å². The lowest BCUT2D eigenvalue weighted by molar-refractivity contribution is 0.298. The maximum atomic E-state index is 11.6. The Morgan fingerprint density at radius 1 is 1.43 bits per heavy atom. The van der Waals surface area contributed by atoms with Crippen LogP contribution in [-0.2, 0) is 18.9 Å². The SMILES string of the molecule is Cn1[nH]c(C(C)(C)C)c(CCO)c1=O. The van der Waals surface area contributed by atoms with Gasteiger partial charge in [-0.1, -0.05) is 20.8 Å². The summed E-state index contributed by atoms with van der Waals surface area (Å²) in [5, 5.41) is 11.9. The van der Waals surface area contributed by atoms with Gasteiger partial charge in [0.15, 0.2) is 0 Å². The van der Waals surface area contributed by atoms with Gasteiger partial charge in [-0.15, -0.1) is 0 Å². The van der Waals surface area contributed by atoms with Crippen molar-refractivity contribution in [3.63, 3.8) is 0 Å². The summed E-state index contributed by atoms with van der Waals surface area (Å²) in [6.45, 7) is 6.13. The molecule has 80 valence electrons. The number of aromatic nitrogens is 2. The molecule has 1 heterocycles. The lowest BCUT2D eigenvalue weighted by Gasteiger charge is -2.17. The Bertz CT molecular complexity index is 368. The third kappa shape index (κ3) is 1.90. The molecule has 0 atom stereocenters. The van der Waals surface area contributed by atoms with Crippen molar-refractivity contribution in [2.75, 3.05) is 6.61 Å². The van der Waals surface area contributed by atoms with Gasteiger partial charge in [0.2, 0.25) is 0 Å². The molecule has 0 amide bonds. The predicted octanol–water partition coefficient (Wildman–Crippen LogP) is 0.546. The zero-order chi connectivity index (χ0) is 10.9. The minimum atomic E-state index is -0.0923. The smallest absolute Gasteiger partial charge is 0.269 e. The molecule has 1 aromatic rings. The van der Waals surface area contributed by atoms with E-state index in [2.05, 4.69) is 5.10 Å². The summed E-state index contributed by atoms with van der Waals surface area (Å²) in [5.74, 6) is 0. The average molecular weight is 198 g/mol. The fourth-order valence-corrected chi connectivity index (χ4v) is 1.56. The lowest BCUT2D eigenvalue weighted by Crippen LogP contribution is -2.18. The maximum absolute atomic E-state index is 11.6. The summed E-state index contributed by atoms with van der Waals surface area (Å²) in [5.41, 5.74) is 1.48. The largest absolute Gasteiger partial charge is 0.396 e. The molecule has 0 bridgehead atoms. The van der Waals surface area contributed by atoms with E-state index in [0.29, 0.717) is 12.0 Å². The number of nitrogens with one attached hydrogen (secondary N) is 1. The van der Waals surface area contributed by atoms with Gasteiger partial charge >= 0.3 is 0 Å². The molecule has 1 aromatic heterocycles. The maximum Gasteiger partial charge on any atom is 0.269 e. The van der Waals surface area contributed by atoms with Crippen molar-refractivity contribution >= 4 is 0 Å². The third-order valence-electron chi connectivity index (χ3n) is 2.26. The van der Waals surface area contributed by atoms with Crippen LogP contribution in [0.2, 0.25) is 0 Å². The summed E-state index contributed by atoms with van der Waals surface area (Å²) >= 11 is 0. The van der Waals surface area contributed by atoms with Gasteiger partial charge < -0.3 is 5.11 Å². The van der Waals surface area contributed by atoms with Crippen LogP contribution < -0.4 is 5.56 Å². The number of hydrogen-bond acceptors (Lipinski definition) is 2. The van der Waals surface area contributed by atoms with Gasteiger partial charge in [-0.25, -0.2) is 0 Å². The van der Waals surface area contributed by atoms with Crippen molar-refractivity contribution in [3.8, 4) is 0 Å². The number of aliphatic hydroxyl groups excluding tert-OH is 1. The van der Waals surface area contributed by atoms with E-state index in [0.717, 1.165) is 5.69 Å². The fraction of sp³-hybridized carbons (Fsp3) is 0.700. The first-order valence-corrected chi connectivity index (χ1v) is 4.77. The quantitative estimate of drug-likeness (QED) is 0.729. The zero-order valence-corrected chi connectivity index (χ0v) is 9.22. The van der Waals surface area contributed by atoms with Gasteiger partial charge in [-0.3, -0.25) is 14.6 Å². The number of hydrogen-bond donors (Lipinski definition) is 2. The normalized spacial score (nSPS) is 12.1. The Kier molecular flexibility index (Phi) is 2.85. The number of H-pyrrole nitrogens is 1. The molecular weight excluding hydrogens is 180 g/mol. The van der Waals surface area contributed by atoms with Crippen LogP contribution in [0.3, 0.4) is 0 Å². The molecule has 0 aliphatic heterocycles. The molecule has 2 N–H and O–H groups in total. The van der Waals surface area contributed by atoms with E-state index in [1.54, 1.807) is 7.05 Å². The van der Waals surface area contributed by atoms with Gasteiger partial charge in [-0.05, 0) is 0 Å². The number of aryl methyl sites for hydroxylation is 1. The van der Waals surface area contributed by atoms with Crippen LogP contribution in [0.15, 0.2) is 4.79 Å². The number of rotatable bonds is 2. The molecule has 4 nitrogen and oxygen atoms in total. The third-order valence-corrected chi connectivity index (χ3v) is 2.26. The standard InChI is InChI=1S/C10H18N2O2/c1-10(2,3)8-7(5-6-13)9(14)12(4)11-8/h11,13H,5-6H2,1-4H3. The van der Waals surface area contributed by atoms with E-state index in [-0.39, 0.29) is 17.6 Å². The molecule has 0 unspecified atom stereocenters. The monoisotopic (exact) mass is 198 g/mol. The predicted molar refractivity (Wildman–Crippen MR) is 55.5 cm³/mol. The van der Waals surface area contributed by atoms with Crippen molar-refractivity contribution in [3.05, 3.63) is 21.6 Å². The van der Waals surface area contributed by atoms with E-state index < -0.39 is 0 Å². The van der Waals surface area contributed by atoms with E-state index in [4.69, 9.17) is 5.11 Å². The van der Waals surface area contributed by atoms with Gasteiger partial charge in [0.25, 0.3) is 5.56 Å². The van der Waals surface area contributed by atoms with Crippen molar-refractivity contribution in [1.29, 1.82) is 0 Å². The average Bonchev–Trinajstić information content (AvgIpc) is 2.32. The number of aromatic amines is 1. The van der Waals surface area contributed by atoms with Crippen molar-refractivity contribution in [2.24, 2.45) is 7.05 Å². The van der Waals surface area contributed by atoms with Gasteiger partial charge in [-0.2, -0.15) is 0 Å². The molecular formula is C10H18N2O2. The molecule has 0 spiro atoms. The Balaban J connectivity index is 3.30. The van der Waals surface area contributed by atoms with Crippen LogP contribution in [0.25, 0.3) is 0 Å². The van der Waals surface area contributed by atoms with Gasteiger partial charge in [0.1, 0.15) is 0 Å². The molecule has 0 fully saturated rings. The molecule has 1 rings (SSSR count). The Labute approximate surface area is 83.5 Å². The highest BCUT2D eigenvalue weighted by molar-refractivity contribution is 5.24. The van der Waals surface area contributed by atoms with Crippen LogP contribution in [0.4, 0.5) is 0 Å². The lowest BCUT2D eigenvalue weighted by atomic mass is 9.89. The summed E-state index contributed by atoms with van der Waals surface area (Å²) < 4.78 is 1.46. The van der Waals surface area contributed by atoms with Gasteiger partial charge in [0.05, 0.1) is 0 Å². The molecule has 0 aliphatic rings. The van der Waals surface area contributed by atoms with Crippen LogP contribution in [0, 0.1) is 0 Å². The van der Waals surface area contributed by atoms with Crippen molar-refractivity contribution in [2.45, 2.75) is 32.6 Å². The highest BCUT2D eigenvalue weighted by Gasteiger charge is 2.22. The number of nitrogens with zero attached hydrogens (tertiary/aromatic N) is 1. The fourth-order valence-electron chi connectivity index (χ4n) is 1.56. The van der Waals surface area contributed by atoms with Gasteiger partial charge in [0, 0.05) is 36.7 Å². The second kappa shape index (κ2) is 3.61. The molecule has 0 radical (unpaired) electrons. The zero-order valence-electron chi connectivity index (χ0n) is 9.22. The van der Waals surface area contributed by atoms with E-state index >= 15 is 0 Å². The first-order chi connectivity index (χ1) is 6.38. The molecule has 0 aromatic carbocycles. The second-order valence-electron chi connectivity index (χ2n) is 4.55. The van der Waals surface area contributed by atoms with Crippen molar-refractivity contribution < 1.29 is 5.11 Å². The minimum Gasteiger partial charge on any atom is -0.396 e. The first-order valence-electron chi connectivity index (χ1n) is 4.77. The highest BCUT2D eigenvalue weighted by atomic mass is 16.3. The first kappa shape index (κ1) is 11.0. The Hall–Kier alpha value is -1.03. The van der Waals surface area contributed by atoms with E-state index in [9.17, 15) is 4.79 Å². The Morgan fingerprint density at radius 3 is 2.43 bits per heavy atom. The van der Waals surface area contributed by atoms with Crippen LogP contribution >= 0.6 is 0 Å². The summed E-state index contributed by atoms with van der Waals surface area (Å²) in [4.78, 5) is 11.6. The summed E-state index contributed by atoms with van der Waals surface area (Å²) in [6.07, 6.45) is 0.419. The highest BCUT2D eigenvalue weighted by Crippen LogP contribution is 2.22. The van der Waals surface area contributed by atoms with Crippen molar-refractivity contribution in [1.82, 2.24) is 9.78 Å². The molecule has 14 heavy (non-hydrogen) atoms. The molecule has 0 saturated heterocycles. The minimum absolute atomic E-state index is 0.0101. The van der Waals surface area contributed by atoms with E-state index in [1.165, 1.54) is 4.68 Å². The van der Waals surface area contributed by atoms with Crippen LogP contribution in [0.5, 0.6) is 0 Å². The van der Waals surface area contributed by atoms with Crippen LogP contribution in [0.1, 0.15) is 32.0 Å². The second-order valence-corrected chi connectivity index (χ2v) is 4.55. The number of aliphatic hydroxyl groups is 1. The van der Waals surface area contributed by atoms with E-state index in [1.807, 2.05) is 20.8 Å². The molecule has 0 aliphatic carbocycles. The Morgan fingerprint density at radius 2 is 2.00 bits per heavy atom.